The van der Waals surface area contributed by atoms with Crippen molar-refractivity contribution in [3.8, 4) is 5.75 Å². The van der Waals surface area contributed by atoms with Gasteiger partial charge in [-0.15, -0.1) is 0 Å². The second-order valence-corrected chi connectivity index (χ2v) is 5.46. The van der Waals surface area contributed by atoms with Crippen LogP contribution in [0.1, 0.15) is 32.8 Å². The average Bonchev–Trinajstić information content (AvgIpc) is 2.21. The second-order valence-electron chi connectivity index (χ2n) is 4.65. The average molecular weight is 291 g/mol. The Kier molecular flexibility index (Phi) is 4.88. The summed E-state index contributed by atoms with van der Waals surface area (Å²) >= 11 is 12.3. The maximum absolute atomic E-state index is 10.9. The minimum absolute atomic E-state index is 0.0168. The van der Waals surface area contributed by atoms with E-state index < -0.39 is 11.4 Å². The van der Waals surface area contributed by atoms with E-state index in [0.29, 0.717) is 28.0 Å². The van der Waals surface area contributed by atoms with E-state index in [0.717, 1.165) is 0 Å². The summed E-state index contributed by atoms with van der Waals surface area (Å²) in [6.07, 6.45) is -0.0168. The van der Waals surface area contributed by atoms with Crippen LogP contribution < -0.4 is 4.74 Å². The van der Waals surface area contributed by atoms with Crippen molar-refractivity contribution in [3.05, 3.63) is 27.7 Å². The fourth-order valence-corrected chi connectivity index (χ4v) is 2.41. The van der Waals surface area contributed by atoms with Gasteiger partial charge in [0.25, 0.3) is 0 Å². The van der Waals surface area contributed by atoms with Crippen LogP contribution in [0.15, 0.2) is 12.1 Å². The number of ether oxygens (including phenoxy) is 1. The molecule has 0 fully saturated rings. The van der Waals surface area contributed by atoms with Gasteiger partial charge >= 0.3 is 5.97 Å². The van der Waals surface area contributed by atoms with Gasteiger partial charge in [0.15, 0.2) is 0 Å². The summed E-state index contributed by atoms with van der Waals surface area (Å²) in [5.41, 5.74) is 0.122. The SMILES string of the molecule is CCOc1cc(Cl)c(C(C)(C)CC(=O)O)cc1Cl. The summed E-state index contributed by atoms with van der Waals surface area (Å²) in [5.74, 6) is -0.361. The van der Waals surface area contributed by atoms with Crippen LogP contribution in [-0.4, -0.2) is 17.7 Å². The number of halogens is 2. The van der Waals surface area contributed by atoms with Crippen molar-refractivity contribution in [1.82, 2.24) is 0 Å². The highest BCUT2D eigenvalue weighted by Gasteiger charge is 2.27. The number of hydrogen-bond acceptors (Lipinski definition) is 2. The van der Waals surface area contributed by atoms with Gasteiger partial charge in [-0.05, 0) is 18.6 Å². The summed E-state index contributed by atoms with van der Waals surface area (Å²) in [4.78, 5) is 10.9. The summed E-state index contributed by atoms with van der Waals surface area (Å²) in [6, 6.07) is 3.31. The number of carboxylic acids is 1. The van der Waals surface area contributed by atoms with E-state index >= 15 is 0 Å². The lowest BCUT2D eigenvalue weighted by atomic mass is 9.81. The molecule has 5 heteroatoms. The van der Waals surface area contributed by atoms with Crippen LogP contribution in [-0.2, 0) is 10.2 Å². The van der Waals surface area contributed by atoms with Crippen molar-refractivity contribution in [2.24, 2.45) is 0 Å². The Balaban J connectivity index is 3.18. The molecule has 0 heterocycles. The van der Waals surface area contributed by atoms with Crippen molar-refractivity contribution >= 4 is 29.2 Å². The monoisotopic (exact) mass is 290 g/mol. The molecule has 0 saturated heterocycles. The molecule has 1 aromatic carbocycles. The normalized spacial score (nSPS) is 11.4. The molecule has 0 atom stereocenters. The Morgan fingerprint density at radius 1 is 1.33 bits per heavy atom. The highest BCUT2D eigenvalue weighted by molar-refractivity contribution is 6.34. The Hall–Kier alpha value is -0.930. The first-order chi connectivity index (χ1) is 8.27. The molecule has 0 aliphatic carbocycles. The molecule has 0 aliphatic heterocycles. The minimum Gasteiger partial charge on any atom is -0.492 e. The summed E-state index contributed by atoms with van der Waals surface area (Å²) in [5, 5.41) is 9.81. The maximum atomic E-state index is 10.9. The van der Waals surface area contributed by atoms with Gasteiger partial charge in [0.05, 0.1) is 18.1 Å². The van der Waals surface area contributed by atoms with Crippen molar-refractivity contribution in [1.29, 1.82) is 0 Å². The molecular formula is C13H16Cl2O3. The molecule has 3 nitrogen and oxygen atoms in total. The van der Waals surface area contributed by atoms with Gasteiger partial charge in [-0.3, -0.25) is 4.79 Å². The van der Waals surface area contributed by atoms with E-state index in [2.05, 4.69) is 0 Å². The lowest BCUT2D eigenvalue weighted by Crippen LogP contribution is -2.22. The van der Waals surface area contributed by atoms with Crippen LogP contribution in [0.25, 0.3) is 0 Å². The Bertz CT molecular complexity index is 456. The van der Waals surface area contributed by atoms with E-state index in [-0.39, 0.29) is 6.42 Å². The van der Waals surface area contributed by atoms with Gasteiger partial charge in [-0.25, -0.2) is 0 Å². The van der Waals surface area contributed by atoms with E-state index in [9.17, 15) is 4.79 Å². The third kappa shape index (κ3) is 3.53. The fraction of sp³-hybridized carbons (Fsp3) is 0.462. The largest absolute Gasteiger partial charge is 0.492 e. The number of carboxylic acid groups (broad SMARTS) is 1. The Labute approximate surface area is 117 Å². The van der Waals surface area contributed by atoms with Crippen molar-refractivity contribution in [2.75, 3.05) is 6.61 Å². The molecule has 100 valence electrons. The Morgan fingerprint density at radius 2 is 1.94 bits per heavy atom. The molecule has 0 spiro atoms. The summed E-state index contributed by atoms with van der Waals surface area (Å²) in [6.45, 7) is 5.98. The smallest absolute Gasteiger partial charge is 0.304 e. The van der Waals surface area contributed by atoms with Gasteiger partial charge in [0, 0.05) is 16.5 Å². The van der Waals surface area contributed by atoms with E-state index in [4.69, 9.17) is 33.0 Å². The first kappa shape index (κ1) is 15.1. The van der Waals surface area contributed by atoms with Gasteiger partial charge in [0.1, 0.15) is 5.75 Å². The van der Waals surface area contributed by atoms with Gasteiger partial charge in [-0.2, -0.15) is 0 Å². The topological polar surface area (TPSA) is 46.5 Å². The third-order valence-corrected chi connectivity index (χ3v) is 3.25. The first-order valence-corrected chi connectivity index (χ1v) is 6.37. The number of aliphatic carboxylic acids is 1. The predicted octanol–water partition coefficient (Wildman–Crippen LogP) is 4.14. The molecule has 0 aromatic heterocycles. The van der Waals surface area contributed by atoms with Crippen LogP contribution in [0.3, 0.4) is 0 Å². The second kappa shape index (κ2) is 5.81. The van der Waals surface area contributed by atoms with Crippen LogP contribution in [0.5, 0.6) is 5.75 Å². The lowest BCUT2D eigenvalue weighted by Gasteiger charge is -2.25. The van der Waals surface area contributed by atoms with Crippen molar-refractivity contribution in [3.63, 3.8) is 0 Å². The Morgan fingerprint density at radius 3 is 2.44 bits per heavy atom. The zero-order chi connectivity index (χ0) is 13.9. The number of rotatable bonds is 5. The zero-order valence-electron chi connectivity index (χ0n) is 10.6. The number of hydrogen-bond donors (Lipinski definition) is 1. The standard InChI is InChI=1S/C13H16Cl2O3/c1-4-18-11-6-9(14)8(5-10(11)15)13(2,3)7-12(16)17/h5-6H,4,7H2,1-3H3,(H,16,17). The van der Waals surface area contributed by atoms with Gasteiger partial charge in [-0.1, -0.05) is 37.0 Å². The quantitative estimate of drug-likeness (QED) is 0.886. The minimum atomic E-state index is -0.874. The third-order valence-electron chi connectivity index (χ3n) is 2.64. The van der Waals surface area contributed by atoms with Crippen molar-refractivity contribution in [2.45, 2.75) is 32.6 Å². The molecule has 1 N–H and O–H groups in total. The molecule has 0 unspecified atom stereocenters. The summed E-state index contributed by atoms with van der Waals surface area (Å²) in [7, 11) is 0. The van der Waals surface area contributed by atoms with Crippen LogP contribution in [0, 0.1) is 0 Å². The predicted molar refractivity (Wildman–Crippen MR) is 72.9 cm³/mol. The molecule has 1 aromatic rings. The molecule has 0 aliphatic rings. The number of benzene rings is 1. The van der Waals surface area contributed by atoms with E-state index in [1.54, 1.807) is 12.1 Å². The summed E-state index contributed by atoms with van der Waals surface area (Å²) < 4.78 is 5.33. The highest BCUT2D eigenvalue weighted by Crippen LogP contribution is 2.38. The van der Waals surface area contributed by atoms with Gasteiger partial charge in [0.2, 0.25) is 0 Å². The van der Waals surface area contributed by atoms with Crippen LogP contribution >= 0.6 is 23.2 Å². The fourth-order valence-electron chi connectivity index (χ4n) is 1.79. The lowest BCUT2D eigenvalue weighted by molar-refractivity contribution is -0.138. The van der Waals surface area contributed by atoms with E-state index in [1.165, 1.54) is 0 Å². The van der Waals surface area contributed by atoms with Crippen LogP contribution in [0.2, 0.25) is 10.0 Å². The van der Waals surface area contributed by atoms with Gasteiger partial charge < -0.3 is 9.84 Å². The molecule has 0 saturated carbocycles. The van der Waals surface area contributed by atoms with Crippen LogP contribution in [0.4, 0.5) is 0 Å². The highest BCUT2D eigenvalue weighted by atomic mass is 35.5. The molecule has 0 bridgehead atoms. The van der Waals surface area contributed by atoms with Crippen molar-refractivity contribution < 1.29 is 14.6 Å². The molecule has 18 heavy (non-hydrogen) atoms. The zero-order valence-corrected chi connectivity index (χ0v) is 12.1. The molecule has 0 amide bonds. The maximum Gasteiger partial charge on any atom is 0.304 e. The number of carbonyl (C=O) groups is 1. The first-order valence-electron chi connectivity index (χ1n) is 5.62. The molecule has 0 radical (unpaired) electrons. The molecular weight excluding hydrogens is 275 g/mol. The van der Waals surface area contributed by atoms with E-state index in [1.807, 2.05) is 20.8 Å². The molecule has 1 rings (SSSR count).